The van der Waals surface area contributed by atoms with Crippen LogP contribution in [0.2, 0.25) is 0 Å². The van der Waals surface area contributed by atoms with Gasteiger partial charge in [0.05, 0.1) is 17.7 Å². The number of amides is 1. The standard InChI is InChI=1S/C18H21N3O2S/c1-13(23-15-8-6-14(11-19)7-9-15)18(22)20-12-16(21(2)3)17-5-4-10-24-17/h4-10,13,16H,12H2,1-3H3,(H,20,22). The van der Waals surface area contributed by atoms with Gasteiger partial charge in [-0.15, -0.1) is 11.3 Å². The summed E-state index contributed by atoms with van der Waals surface area (Å²) in [4.78, 5) is 15.6. The molecule has 2 aromatic rings. The third-order valence-electron chi connectivity index (χ3n) is 3.63. The fourth-order valence-electron chi connectivity index (χ4n) is 2.23. The molecule has 6 heteroatoms. The molecule has 0 saturated heterocycles. The average Bonchev–Trinajstić information content (AvgIpc) is 3.09. The minimum atomic E-state index is -0.607. The van der Waals surface area contributed by atoms with Crippen LogP contribution in [0.3, 0.4) is 0 Å². The van der Waals surface area contributed by atoms with E-state index >= 15 is 0 Å². The number of carbonyl (C=O) groups is 1. The molecule has 24 heavy (non-hydrogen) atoms. The van der Waals surface area contributed by atoms with E-state index in [1.54, 1.807) is 42.5 Å². The highest BCUT2D eigenvalue weighted by Crippen LogP contribution is 2.22. The Labute approximate surface area is 146 Å². The van der Waals surface area contributed by atoms with Gasteiger partial charge < -0.3 is 15.0 Å². The van der Waals surface area contributed by atoms with Gasteiger partial charge in [-0.2, -0.15) is 5.26 Å². The average molecular weight is 343 g/mol. The van der Waals surface area contributed by atoms with Crippen LogP contribution in [0.4, 0.5) is 0 Å². The molecular formula is C18H21N3O2S. The summed E-state index contributed by atoms with van der Waals surface area (Å²) in [5, 5.41) is 13.8. The summed E-state index contributed by atoms with van der Waals surface area (Å²) in [7, 11) is 3.99. The van der Waals surface area contributed by atoms with Crippen LogP contribution in [-0.4, -0.2) is 37.6 Å². The molecule has 2 unspecified atom stereocenters. The number of thiophene rings is 1. The molecule has 0 spiro atoms. The molecule has 1 aromatic carbocycles. The normalized spacial score (nSPS) is 13.1. The van der Waals surface area contributed by atoms with Crippen molar-refractivity contribution >= 4 is 17.2 Å². The molecule has 0 aliphatic heterocycles. The Balaban J connectivity index is 1.89. The molecule has 1 amide bonds. The lowest BCUT2D eigenvalue weighted by Gasteiger charge is -2.24. The van der Waals surface area contributed by atoms with Crippen molar-refractivity contribution in [1.29, 1.82) is 5.26 Å². The molecule has 0 saturated carbocycles. The second-order valence-corrected chi connectivity index (χ2v) is 6.62. The molecule has 0 fully saturated rings. The van der Waals surface area contributed by atoms with E-state index in [2.05, 4.69) is 16.3 Å². The highest BCUT2D eigenvalue weighted by molar-refractivity contribution is 7.10. The fraction of sp³-hybridized carbons (Fsp3) is 0.333. The van der Waals surface area contributed by atoms with E-state index in [1.165, 1.54) is 4.88 Å². The third-order valence-corrected chi connectivity index (χ3v) is 4.60. The van der Waals surface area contributed by atoms with Crippen molar-refractivity contribution in [2.75, 3.05) is 20.6 Å². The quantitative estimate of drug-likeness (QED) is 0.839. The zero-order chi connectivity index (χ0) is 17.5. The van der Waals surface area contributed by atoms with Crippen molar-refractivity contribution in [3.8, 4) is 11.8 Å². The zero-order valence-corrected chi connectivity index (χ0v) is 14.8. The molecule has 126 valence electrons. The van der Waals surface area contributed by atoms with Crippen molar-refractivity contribution in [2.45, 2.75) is 19.1 Å². The number of hydrogen-bond donors (Lipinski definition) is 1. The number of benzene rings is 1. The van der Waals surface area contributed by atoms with E-state index in [4.69, 9.17) is 10.00 Å². The zero-order valence-electron chi connectivity index (χ0n) is 14.0. The van der Waals surface area contributed by atoms with E-state index < -0.39 is 6.10 Å². The number of ether oxygens (including phenoxy) is 1. The van der Waals surface area contributed by atoms with Crippen LogP contribution in [-0.2, 0) is 4.79 Å². The summed E-state index contributed by atoms with van der Waals surface area (Å²) in [6.07, 6.45) is -0.607. The Morgan fingerprint density at radius 3 is 2.58 bits per heavy atom. The van der Waals surface area contributed by atoms with Gasteiger partial charge in [0, 0.05) is 11.4 Å². The van der Waals surface area contributed by atoms with Crippen LogP contribution in [0.1, 0.15) is 23.4 Å². The lowest BCUT2D eigenvalue weighted by atomic mass is 10.2. The molecule has 2 rings (SSSR count). The number of rotatable bonds is 7. The molecule has 5 nitrogen and oxygen atoms in total. The highest BCUT2D eigenvalue weighted by atomic mass is 32.1. The first-order valence-corrected chi connectivity index (χ1v) is 8.53. The van der Waals surface area contributed by atoms with Crippen LogP contribution in [0, 0.1) is 11.3 Å². The molecule has 0 bridgehead atoms. The summed E-state index contributed by atoms with van der Waals surface area (Å²) in [5.74, 6) is 0.404. The molecular weight excluding hydrogens is 322 g/mol. The number of nitriles is 1. The van der Waals surface area contributed by atoms with Crippen LogP contribution in [0.5, 0.6) is 5.75 Å². The van der Waals surface area contributed by atoms with E-state index in [0.29, 0.717) is 17.9 Å². The maximum atomic E-state index is 12.3. The Morgan fingerprint density at radius 2 is 2.04 bits per heavy atom. The first-order valence-electron chi connectivity index (χ1n) is 7.65. The Bertz CT molecular complexity index is 690. The largest absolute Gasteiger partial charge is 0.481 e. The molecule has 0 radical (unpaired) electrons. The highest BCUT2D eigenvalue weighted by Gasteiger charge is 2.19. The number of likely N-dealkylation sites (N-methyl/N-ethyl adjacent to an activating group) is 1. The van der Waals surface area contributed by atoms with Crippen molar-refractivity contribution < 1.29 is 9.53 Å². The molecule has 2 atom stereocenters. The summed E-state index contributed by atoms with van der Waals surface area (Å²) >= 11 is 1.67. The minimum Gasteiger partial charge on any atom is -0.481 e. The van der Waals surface area contributed by atoms with Crippen molar-refractivity contribution in [2.24, 2.45) is 0 Å². The van der Waals surface area contributed by atoms with Gasteiger partial charge in [-0.3, -0.25) is 4.79 Å². The summed E-state index contributed by atoms with van der Waals surface area (Å²) in [6, 6.07) is 13.0. The Kier molecular flexibility index (Phi) is 6.36. The van der Waals surface area contributed by atoms with Gasteiger partial charge in [0.25, 0.3) is 5.91 Å². The van der Waals surface area contributed by atoms with Gasteiger partial charge in [0.2, 0.25) is 0 Å². The van der Waals surface area contributed by atoms with Gasteiger partial charge in [0.15, 0.2) is 6.10 Å². The molecule has 0 aliphatic rings. The van der Waals surface area contributed by atoms with E-state index in [-0.39, 0.29) is 11.9 Å². The number of nitrogens with zero attached hydrogens (tertiary/aromatic N) is 2. The molecule has 1 N–H and O–H groups in total. The van der Waals surface area contributed by atoms with Gasteiger partial charge in [-0.05, 0) is 56.7 Å². The van der Waals surface area contributed by atoms with Crippen molar-refractivity contribution in [1.82, 2.24) is 10.2 Å². The van der Waals surface area contributed by atoms with E-state index in [0.717, 1.165) is 0 Å². The summed E-state index contributed by atoms with van der Waals surface area (Å²) in [5.41, 5.74) is 0.559. The lowest BCUT2D eigenvalue weighted by Crippen LogP contribution is -2.40. The van der Waals surface area contributed by atoms with Crippen molar-refractivity contribution in [3.63, 3.8) is 0 Å². The van der Waals surface area contributed by atoms with E-state index in [1.807, 2.05) is 31.6 Å². The smallest absolute Gasteiger partial charge is 0.260 e. The second-order valence-electron chi connectivity index (χ2n) is 5.64. The monoisotopic (exact) mass is 343 g/mol. The van der Waals surface area contributed by atoms with Crippen molar-refractivity contribution in [3.05, 3.63) is 52.2 Å². The molecule has 1 heterocycles. The minimum absolute atomic E-state index is 0.135. The molecule has 1 aromatic heterocycles. The number of hydrogen-bond acceptors (Lipinski definition) is 5. The summed E-state index contributed by atoms with van der Waals surface area (Å²) in [6.45, 7) is 2.23. The van der Waals surface area contributed by atoms with Gasteiger partial charge in [-0.1, -0.05) is 6.07 Å². The van der Waals surface area contributed by atoms with Gasteiger partial charge in [0.1, 0.15) is 5.75 Å². The predicted molar refractivity (Wildman–Crippen MR) is 95.0 cm³/mol. The van der Waals surface area contributed by atoms with Crippen LogP contribution in [0.25, 0.3) is 0 Å². The second kappa shape index (κ2) is 8.48. The maximum Gasteiger partial charge on any atom is 0.260 e. The first-order chi connectivity index (χ1) is 11.5. The molecule has 0 aliphatic carbocycles. The van der Waals surface area contributed by atoms with Gasteiger partial charge >= 0.3 is 0 Å². The lowest BCUT2D eigenvalue weighted by molar-refractivity contribution is -0.127. The first kappa shape index (κ1) is 18.0. The maximum absolute atomic E-state index is 12.3. The van der Waals surface area contributed by atoms with Gasteiger partial charge in [-0.25, -0.2) is 0 Å². The summed E-state index contributed by atoms with van der Waals surface area (Å²) < 4.78 is 5.63. The SMILES string of the molecule is CC(Oc1ccc(C#N)cc1)C(=O)NCC(c1cccs1)N(C)C. The van der Waals surface area contributed by atoms with Crippen LogP contribution in [0.15, 0.2) is 41.8 Å². The van der Waals surface area contributed by atoms with Crippen LogP contribution < -0.4 is 10.1 Å². The van der Waals surface area contributed by atoms with E-state index in [9.17, 15) is 4.79 Å². The fourth-order valence-corrected chi connectivity index (χ4v) is 3.15. The predicted octanol–water partition coefficient (Wildman–Crippen LogP) is 2.81. The Hall–Kier alpha value is -2.36. The number of carbonyl (C=O) groups excluding carboxylic acids is 1. The topological polar surface area (TPSA) is 65.4 Å². The Morgan fingerprint density at radius 1 is 1.33 bits per heavy atom. The van der Waals surface area contributed by atoms with Crippen LogP contribution >= 0.6 is 11.3 Å². The third kappa shape index (κ3) is 4.82. The number of nitrogens with one attached hydrogen (secondary N) is 1.